The summed E-state index contributed by atoms with van der Waals surface area (Å²) < 4.78 is 30.9. The van der Waals surface area contributed by atoms with Crippen molar-refractivity contribution in [2.24, 2.45) is 0 Å². The van der Waals surface area contributed by atoms with Crippen molar-refractivity contribution in [1.29, 1.82) is 0 Å². The average molecular weight is 424 g/mol. The molecule has 5 rings (SSSR count). The molecule has 0 amide bonds. The first-order valence-electron chi connectivity index (χ1n) is 11.1. The van der Waals surface area contributed by atoms with Crippen molar-refractivity contribution < 1.29 is 8.42 Å². The number of benzene rings is 2. The van der Waals surface area contributed by atoms with Crippen molar-refractivity contribution >= 4 is 21.1 Å². The Morgan fingerprint density at radius 1 is 1.07 bits per heavy atom. The smallest absolute Gasteiger partial charge is 0.243 e. The summed E-state index contributed by atoms with van der Waals surface area (Å²) in [6.07, 6.45) is 6.04. The number of aromatic nitrogens is 2. The number of imidazole rings is 1. The highest BCUT2D eigenvalue weighted by Gasteiger charge is 2.33. The lowest BCUT2D eigenvalue weighted by atomic mass is 9.99. The first kappa shape index (κ1) is 19.8. The van der Waals surface area contributed by atoms with E-state index in [2.05, 4.69) is 17.6 Å². The molecular weight excluding hydrogens is 394 g/mol. The van der Waals surface area contributed by atoms with Crippen molar-refractivity contribution in [3.05, 3.63) is 59.4 Å². The monoisotopic (exact) mass is 423 g/mol. The van der Waals surface area contributed by atoms with Crippen LogP contribution in [0.2, 0.25) is 0 Å². The number of hydrogen-bond donors (Lipinski definition) is 0. The molecule has 0 spiro atoms. The average Bonchev–Trinajstić information content (AvgIpc) is 3.38. The summed E-state index contributed by atoms with van der Waals surface area (Å²) in [4.78, 5) is 5.38. The maximum absolute atomic E-state index is 13.4. The summed E-state index contributed by atoms with van der Waals surface area (Å²) in [6.45, 7) is 4.17. The van der Waals surface area contributed by atoms with E-state index in [0.29, 0.717) is 18.0 Å². The van der Waals surface area contributed by atoms with Crippen molar-refractivity contribution in [3.8, 4) is 0 Å². The van der Waals surface area contributed by atoms with E-state index >= 15 is 0 Å². The van der Waals surface area contributed by atoms with Crippen molar-refractivity contribution in [2.45, 2.75) is 62.8 Å². The largest absolute Gasteiger partial charge is 0.328 e. The fourth-order valence-electron chi connectivity index (χ4n) is 5.09. The lowest BCUT2D eigenvalue weighted by molar-refractivity contribution is 0.305. The maximum atomic E-state index is 13.4. The number of hydrogen-bond acceptors (Lipinski definition) is 3. The molecule has 2 aromatic carbocycles. The van der Waals surface area contributed by atoms with Crippen LogP contribution in [0.5, 0.6) is 0 Å². The van der Waals surface area contributed by atoms with Crippen LogP contribution in [0.25, 0.3) is 11.0 Å². The minimum atomic E-state index is -3.48. The molecule has 30 heavy (non-hydrogen) atoms. The molecule has 0 saturated carbocycles. The standard InChI is InChI=1S/C24H29N3O2S/c1-2-14-27-23-11-4-3-10-22(23)25-24(27)20-9-6-15-26(17-20)30(28,29)21-13-12-18-7-5-8-19(18)16-21/h3-4,10-13,16,20H,2,5-9,14-15,17H2,1H3. The summed E-state index contributed by atoms with van der Waals surface area (Å²) in [5, 5.41) is 0. The van der Waals surface area contributed by atoms with Crippen molar-refractivity contribution in [2.75, 3.05) is 13.1 Å². The Kier molecular flexibility index (Phi) is 5.15. The van der Waals surface area contributed by atoms with Crippen LogP contribution < -0.4 is 0 Å². The van der Waals surface area contributed by atoms with Crippen LogP contribution >= 0.6 is 0 Å². The zero-order valence-corrected chi connectivity index (χ0v) is 18.4. The molecule has 1 aliphatic carbocycles. The van der Waals surface area contributed by atoms with E-state index in [-0.39, 0.29) is 5.92 Å². The van der Waals surface area contributed by atoms with Gasteiger partial charge >= 0.3 is 0 Å². The molecule has 1 fully saturated rings. The Morgan fingerprint density at radius 2 is 1.90 bits per heavy atom. The topological polar surface area (TPSA) is 55.2 Å². The van der Waals surface area contributed by atoms with Gasteiger partial charge in [-0.2, -0.15) is 4.31 Å². The number of aryl methyl sites for hydroxylation is 3. The number of sulfonamides is 1. The van der Waals surface area contributed by atoms with E-state index < -0.39 is 10.0 Å². The van der Waals surface area contributed by atoms with Crippen molar-refractivity contribution in [3.63, 3.8) is 0 Å². The number of fused-ring (bicyclic) bond motifs is 2. The fourth-order valence-corrected chi connectivity index (χ4v) is 6.67. The molecule has 1 saturated heterocycles. The molecular formula is C24H29N3O2S. The molecule has 1 atom stereocenters. The highest BCUT2D eigenvalue weighted by molar-refractivity contribution is 7.89. The van der Waals surface area contributed by atoms with Crippen LogP contribution in [0.15, 0.2) is 47.4 Å². The Morgan fingerprint density at radius 3 is 2.77 bits per heavy atom. The molecule has 0 bridgehead atoms. The molecule has 0 N–H and O–H groups in total. The van der Waals surface area contributed by atoms with Gasteiger partial charge in [0.15, 0.2) is 0 Å². The van der Waals surface area contributed by atoms with Crippen LogP contribution in [0.4, 0.5) is 0 Å². The Labute approximate surface area is 178 Å². The summed E-state index contributed by atoms with van der Waals surface area (Å²) >= 11 is 0. The van der Waals surface area contributed by atoms with Gasteiger partial charge in [0.1, 0.15) is 5.82 Å². The zero-order valence-electron chi connectivity index (χ0n) is 17.5. The SMILES string of the molecule is CCCn1c(C2CCCN(S(=O)(=O)c3ccc4c(c3)CCC4)C2)nc2ccccc21. The quantitative estimate of drug-likeness (QED) is 0.607. The summed E-state index contributed by atoms with van der Waals surface area (Å²) in [5.74, 6) is 1.16. The molecule has 5 nitrogen and oxygen atoms in total. The van der Waals surface area contributed by atoms with Gasteiger partial charge in [0.25, 0.3) is 0 Å². The van der Waals surface area contributed by atoms with Crippen LogP contribution in [0.3, 0.4) is 0 Å². The molecule has 2 heterocycles. The van der Waals surface area contributed by atoms with E-state index in [0.717, 1.165) is 61.9 Å². The first-order valence-corrected chi connectivity index (χ1v) is 12.6. The number of piperidine rings is 1. The first-order chi connectivity index (χ1) is 14.6. The second-order valence-corrected chi connectivity index (χ2v) is 10.5. The van der Waals surface area contributed by atoms with E-state index in [1.807, 2.05) is 30.3 Å². The third-order valence-corrected chi connectivity index (χ3v) is 8.45. The molecule has 3 aromatic rings. The zero-order chi connectivity index (χ0) is 20.7. The minimum Gasteiger partial charge on any atom is -0.328 e. The number of para-hydroxylation sites is 2. The molecule has 2 aliphatic rings. The predicted molar refractivity (Wildman–Crippen MR) is 119 cm³/mol. The molecule has 1 unspecified atom stereocenters. The number of rotatable bonds is 5. The van der Waals surface area contributed by atoms with E-state index in [9.17, 15) is 8.42 Å². The maximum Gasteiger partial charge on any atom is 0.243 e. The lowest BCUT2D eigenvalue weighted by Crippen LogP contribution is -2.39. The summed E-state index contributed by atoms with van der Waals surface area (Å²) in [5.41, 5.74) is 4.65. The van der Waals surface area contributed by atoms with Crippen molar-refractivity contribution in [1.82, 2.24) is 13.9 Å². The van der Waals surface area contributed by atoms with Gasteiger partial charge in [0.2, 0.25) is 10.0 Å². The summed E-state index contributed by atoms with van der Waals surface area (Å²) in [7, 11) is -3.48. The van der Waals surface area contributed by atoms with Gasteiger partial charge in [-0.3, -0.25) is 0 Å². The highest BCUT2D eigenvalue weighted by Crippen LogP contribution is 2.33. The minimum absolute atomic E-state index is 0.127. The van der Waals surface area contributed by atoms with Gasteiger partial charge in [-0.15, -0.1) is 0 Å². The highest BCUT2D eigenvalue weighted by atomic mass is 32.2. The van der Waals surface area contributed by atoms with E-state index in [4.69, 9.17) is 4.98 Å². The lowest BCUT2D eigenvalue weighted by Gasteiger charge is -2.32. The van der Waals surface area contributed by atoms with Gasteiger partial charge in [-0.25, -0.2) is 13.4 Å². The predicted octanol–water partition coefficient (Wildman–Crippen LogP) is 4.50. The van der Waals surface area contributed by atoms with Gasteiger partial charge in [-0.05, 0) is 73.9 Å². The van der Waals surface area contributed by atoms with Crippen LogP contribution in [0.1, 0.15) is 55.5 Å². The molecule has 158 valence electrons. The van der Waals surface area contributed by atoms with Crippen LogP contribution in [-0.4, -0.2) is 35.4 Å². The normalized spacial score (nSPS) is 20.0. The van der Waals surface area contributed by atoms with Crippen LogP contribution in [0, 0.1) is 0 Å². The third-order valence-electron chi connectivity index (χ3n) is 6.59. The second-order valence-electron chi connectivity index (χ2n) is 8.60. The van der Waals surface area contributed by atoms with Gasteiger partial charge in [0, 0.05) is 25.6 Å². The molecule has 1 aromatic heterocycles. The molecule has 6 heteroatoms. The van der Waals surface area contributed by atoms with E-state index in [1.54, 1.807) is 10.4 Å². The molecule has 1 aliphatic heterocycles. The fraction of sp³-hybridized carbons (Fsp3) is 0.458. The van der Waals surface area contributed by atoms with E-state index in [1.165, 1.54) is 11.1 Å². The van der Waals surface area contributed by atoms with Crippen LogP contribution in [-0.2, 0) is 29.4 Å². The Hall–Kier alpha value is -2.18. The van der Waals surface area contributed by atoms with Gasteiger partial charge in [0.05, 0.1) is 15.9 Å². The summed E-state index contributed by atoms with van der Waals surface area (Å²) in [6, 6.07) is 13.9. The Balaban J connectivity index is 1.46. The third kappa shape index (κ3) is 3.36. The molecule has 0 radical (unpaired) electrons. The van der Waals surface area contributed by atoms with Gasteiger partial charge in [-0.1, -0.05) is 25.1 Å². The van der Waals surface area contributed by atoms with Gasteiger partial charge < -0.3 is 4.57 Å². The number of nitrogens with zero attached hydrogens (tertiary/aromatic N) is 3. The Bertz CT molecular complexity index is 1180. The second kappa shape index (κ2) is 7.82.